The van der Waals surface area contributed by atoms with Crippen molar-refractivity contribution in [2.45, 2.75) is 13.3 Å². The van der Waals surface area contributed by atoms with E-state index >= 15 is 0 Å². The molecule has 64 valence electrons. The second-order valence-electron chi connectivity index (χ2n) is 2.44. The topological polar surface area (TPSA) is 37.3 Å². The van der Waals surface area contributed by atoms with E-state index in [-0.39, 0.29) is 0 Å². The van der Waals surface area contributed by atoms with Crippen LogP contribution in [-0.2, 0) is 6.42 Å². The van der Waals surface area contributed by atoms with Crippen LogP contribution in [-0.4, -0.2) is 11.1 Å². The number of carbonyl (C=O) groups is 1. The lowest BCUT2D eigenvalue weighted by Gasteiger charge is -2.03. The first-order valence-corrected chi connectivity index (χ1v) is 4.46. The average Bonchev–Trinajstić information content (AvgIpc) is 2.04. The Kier molecular flexibility index (Phi) is 2.87. The molecule has 0 amide bonds. The molecular formula is C9H9BrO2. The molecule has 12 heavy (non-hydrogen) atoms. The summed E-state index contributed by atoms with van der Waals surface area (Å²) in [5.74, 6) is -0.892. The molecule has 0 radical (unpaired) electrons. The number of carboxylic acids is 1. The van der Waals surface area contributed by atoms with Gasteiger partial charge in [-0.25, -0.2) is 4.79 Å². The number of rotatable bonds is 2. The molecule has 0 atom stereocenters. The first-order valence-electron chi connectivity index (χ1n) is 3.67. The molecule has 0 saturated heterocycles. The van der Waals surface area contributed by atoms with E-state index in [1.807, 2.05) is 13.0 Å². The minimum atomic E-state index is -0.892. The fourth-order valence-corrected chi connectivity index (χ4v) is 1.73. The molecule has 0 fully saturated rings. The molecule has 0 heterocycles. The zero-order chi connectivity index (χ0) is 9.14. The number of carboxylic acid groups (broad SMARTS) is 1. The maximum Gasteiger partial charge on any atom is 0.336 e. The van der Waals surface area contributed by atoms with E-state index in [2.05, 4.69) is 15.9 Å². The Morgan fingerprint density at radius 3 is 2.75 bits per heavy atom. The van der Waals surface area contributed by atoms with E-state index in [1.165, 1.54) is 0 Å². The van der Waals surface area contributed by atoms with Crippen molar-refractivity contribution in [3.8, 4) is 0 Å². The fourth-order valence-electron chi connectivity index (χ4n) is 1.02. The number of aromatic carboxylic acids is 1. The van der Waals surface area contributed by atoms with Crippen molar-refractivity contribution < 1.29 is 9.90 Å². The Bertz CT molecular complexity index is 307. The summed E-state index contributed by atoms with van der Waals surface area (Å²) in [4.78, 5) is 10.7. The van der Waals surface area contributed by atoms with Crippen molar-refractivity contribution in [1.29, 1.82) is 0 Å². The number of hydrogen-bond donors (Lipinski definition) is 1. The molecule has 1 rings (SSSR count). The van der Waals surface area contributed by atoms with Gasteiger partial charge in [0.25, 0.3) is 0 Å². The zero-order valence-electron chi connectivity index (χ0n) is 6.67. The van der Waals surface area contributed by atoms with Crippen LogP contribution in [0.15, 0.2) is 22.7 Å². The van der Waals surface area contributed by atoms with Gasteiger partial charge in [0.2, 0.25) is 0 Å². The van der Waals surface area contributed by atoms with Crippen LogP contribution in [0.2, 0.25) is 0 Å². The minimum absolute atomic E-state index is 0.328. The lowest BCUT2D eigenvalue weighted by atomic mass is 10.1. The number of hydrogen-bond acceptors (Lipinski definition) is 1. The molecule has 0 aliphatic heterocycles. The summed E-state index contributed by atoms with van der Waals surface area (Å²) in [6.07, 6.45) is 0.835. The Morgan fingerprint density at radius 1 is 1.58 bits per heavy atom. The largest absolute Gasteiger partial charge is 0.478 e. The molecule has 0 spiro atoms. The van der Waals surface area contributed by atoms with Gasteiger partial charge in [0.05, 0.1) is 5.56 Å². The van der Waals surface area contributed by atoms with E-state index in [9.17, 15) is 4.79 Å². The van der Waals surface area contributed by atoms with Crippen LogP contribution in [0.25, 0.3) is 0 Å². The summed E-state index contributed by atoms with van der Waals surface area (Å²) in [5.41, 5.74) is 1.35. The third-order valence-corrected chi connectivity index (χ3v) is 2.63. The molecule has 0 saturated carbocycles. The normalized spacial score (nSPS) is 9.83. The second-order valence-corrected chi connectivity index (χ2v) is 3.23. The maximum atomic E-state index is 10.7. The van der Waals surface area contributed by atoms with Crippen LogP contribution in [0, 0.1) is 0 Å². The Balaban J connectivity index is 3.23. The van der Waals surface area contributed by atoms with Gasteiger partial charge in [-0.3, -0.25) is 0 Å². The standard InChI is InChI=1S/C9H9BrO2/c1-2-6-4-3-5-7(8(6)10)9(11)12/h3-5H,2H2,1H3,(H,11,12). The first kappa shape index (κ1) is 9.26. The minimum Gasteiger partial charge on any atom is -0.478 e. The summed E-state index contributed by atoms with van der Waals surface area (Å²) in [6.45, 7) is 1.99. The fraction of sp³-hybridized carbons (Fsp3) is 0.222. The Morgan fingerprint density at radius 2 is 2.25 bits per heavy atom. The van der Waals surface area contributed by atoms with Crippen molar-refractivity contribution in [2.75, 3.05) is 0 Å². The van der Waals surface area contributed by atoms with Gasteiger partial charge in [-0.05, 0) is 34.0 Å². The zero-order valence-corrected chi connectivity index (χ0v) is 8.26. The smallest absolute Gasteiger partial charge is 0.336 e. The second kappa shape index (κ2) is 3.72. The highest BCUT2D eigenvalue weighted by molar-refractivity contribution is 9.10. The summed E-state index contributed by atoms with van der Waals surface area (Å²) >= 11 is 3.26. The summed E-state index contributed by atoms with van der Waals surface area (Å²) in [5, 5.41) is 8.76. The highest BCUT2D eigenvalue weighted by atomic mass is 79.9. The van der Waals surface area contributed by atoms with Gasteiger partial charge in [-0.15, -0.1) is 0 Å². The summed E-state index contributed by atoms with van der Waals surface area (Å²) < 4.78 is 0.694. The van der Waals surface area contributed by atoms with Gasteiger partial charge < -0.3 is 5.11 Å². The summed E-state index contributed by atoms with van der Waals surface area (Å²) in [6, 6.07) is 5.26. The van der Waals surface area contributed by atoms with E-state index in [0.717, 1.165) is 12.0 Å². The number of halogens is 1. The monoisotopic (exact) mass is 228 g/mol. The quantitative estimate of drug-likeness (QED) is 0.846. The van der Waals surface area contributed by atoms with Gasteiger partial charge in [-0.2, -0.15) is 0 Å². The van der Waals surface area contributed by atoms with E-state index in [0.29, 0.717) is 10.0 Å². The molecule has 0 aliphatic rings. The third-order valence-electron chi connectivity index (χ3n) is 1.69. The van der Waals surface area contributed by atoms with Gasteiger partial charge in [0.15, 0.2) is 0 Å². The van der Waals surface area contributed by atoms with Gasteiger partial charge >= 0.3 is 5.97 Å². The van der Waals surface area contributed by atoms with Gasteiger partial charge in [0.1, 0.15) is 0 Å². The van der Waals surface area contributed by atoms with E-state index in [1.54, 1.807) is 12.1 Å². The molecule has 1 N–H and O–H groups in total. The lowest BCUT2D eigenvalue weighted by Crippen LogP contribution is -1.99. The summed E-state index contributed by atoms with van der Waals surface area (Å²) in [7, 11) is 0. The molecular weight excluding hydrogens is 220 g/mol. The molecule has 0 bridgehead atoms. The van der Waals surface area contributed by atoms with E-state index < -0.39 is 5.97 Å². The predicted octanol–water partition coefficient (Wildman–Crippen LogP) is 2.71. The van der Waals surface area contributed by atoms with Crippen LogP contribution in [0.3, 0.4) is 0 Å². The van der Waals surface area contributed by atoms with Crippen molar-refractivity contribution in [2.24, 2.45) is 0 Å². The van der Waals surface area contributed by atoms with Crippen LogP contribution in [0.4, 0.5) is 0 Å². The highest BCUT2D eigenvalue weighted by Gasteiger charge is 2.09. The maximum absolute atomic E-state index is 10.7. The van der Waals surface area contributed by atoms with Crippen molar-refractivity contribution in [1.82, 2.24) is 0 Å². The Labute approximate surface area is 79.3 Å². The Hall–Kier alpha value is -0.830. The average molecular weight is 229 g/mol. The first-order chi connectivity index (χ1) is 5.66. The number of aryl methyl sites for hydroxylation is 1. The van der Waals surface area contributed by atoms with Crippen LogP contribution >= 0.6 is 15.9 Å². The molecule has 0 aliphatic carbocycles. The predicted molar refractivity (Wildman–Crippen MR) is 50.5 cm³/mol. The highest BCUT2D eigenvalue weighted by Crippen LogP contribution is 2.21. The molecule has 2 nitrogen and oxygen atoms in total. The van der Waals surface area contributed by atoms with Crippen molar-refractivity contribution in [3.63, 3.8) is 0 Å². The van der Waals surface area contributed by atoms with Gasteiger partial charge in [-0.1, -0.05) is 19.1 Å². The van der Waals surface area contributed by atoms with Crippen LogP contribution in [0.1, 0.15) is 22.8 Å². The molecule has 0 unspecified atom stereocenters. The lowest BCUT2D eigenvalue weighted by molar-refractivity contribution is 0.0696. The molecule has 3 heteroatoms. The van der Waals surface area contributed by atoms with E-state index in [4.69, 9.17) is 5.11 Å². The SMILES string of the molecule is CCc1cccc(C(=O)O)c1Br. The molecule has 1 aromatic carbocycles. The van der Waals surface area contributed by atoms with Gasteiger partial charge in [0, 0.05) is 4.47 Å². The van der Waals surface area contributed by atoms with Crippen LogP contribution in [0.5, 0.6) is 0 Å². The molecule has 0 aromatic heterocycles. The number of benzene rings is 1. The van der Waals surface area contributed by atoms with Crippen molar-refractivity contribution in [3.05, 3.63) is 33.8 Å². The third kappa shape index (κ3) is 1.67. The van der Waals surface area contributed by atoms with Crippen LogP contribution < -0.4 is 0 Å². The molecule has 1 aromatic rings. The van der Waals surface area contributed by atoms with Crippen molar-refractivity contribution >= 4 is 21.9 Å².